The van der Waals surface area contributed by atoms with Crippen LogP contribution >= 0.6 is 0 Å². The summed E-state index contributed by atoms with van der Waals surface area (Å²) in [6.45, 7) is -0.0340. The predicted molar refractivity (Wildman–Crippen MR) is 82.1 cm³/mol. The molecule has 1 aromatic carbocycles. The van der Waals surface area contributed by atoms with Gasteiger partial charge in [0.15, 0.2) is 0 Å². The Kier molecular flexibility index (Phi) is 4.31. The second-order valence-corrected chi connectivity index (χ2v) is 5.92. The molecule has 1 atom stereocenters. The van der Waals surface area contributed by atoms with E-state index in [0.717, 1.165) is 29.8 Å². The van der Waals surface area contributed by atoms with Crippen LogP contribution in [0.5, 0.6) is 0 Å². The van der Waals surface area contributed by atoms with Crippen molar-refractivity contribution in [3.05, 3.63) is 46.8 Å². The number of alkyl halides is 3. The lowest BCUT2D eigenvalue weighted by molar-refractivity contribution is -0.137. The summed E-state index contributed by atoms with van der Waals surface area (Å²) in [7, 11) is 0. The minimum Gasteiger partial charge on any atom is -0.326 e. The molecule has 4 N–H and O–H groups in total. The lowest BCUT2D eigenvalue weighted by Crippen LogP contribution is -2.28. The van der Waals surface area contributed by atoms with Crippen molar-refractivity contribution in [3.63, 3.8) is 0 Å². The summed E-state index contributed by atoms with van der Waals surface area (Å²) in [4.78, 5) is 12.4. The van der Waals surface area contributed by atoms with E-state index in [1.807, 2.05) is 0 Å². The van der Waals surface area contributed by atoms with Gasteiger partial charge in [-0.3, -0.25) is 9.89 Å². The van der Waals surface area contributed by atoms with Crippen molar-refractivity contribution in [3.8, 4) is 0 Å². The Hall–Kier alpha value is -2.35. The second kappa shape index (κ2) is 6.27. The van der Waals surface area contributed by atoms with Crippen LogP contribution in [0.15, 0.2) is 24.4 Å². The van der Waals surface area contributed by atoms with Crippen LogP contribution in [0.3, 0.4) is 0 Å². The third-order valence-electron chi connectivity index (χ3n) is 4.21. The summed E-state index contributed by atoms with van der Waals surface area (Å²) in [6, 6.07) is 3.40. The molecule has 0 radical (unpaired) electrons. The van der Waals surface area contributed by atoms with Crippen LogP contribution in [0.4, 0.5) is 18.9 Å². The van der Waals surface area contributed by atoms with Gasteiger partial charge in [-0.1, -0.05) is 0 Å². The first-order valence-electron chi connectivity index (χ1n) is 7.60. The van der Waals surface area contributed by atoms with Crippen LogP contribution in [0, 0.1) is 5.92 Å². The topological polar surface area (TPSA) is 83.8 Å². The molecule has 24 heavy (non-hydrogen) atoms. The minimum absolute atomic E-state index is 0.0340. The molecule has 3 rings (SSSR count). The number of nitrogens with zero attached hydrogens (tertiary/aromatic N) is 1. The number of aryl methyl sites for hydroxylation is 1. The molecular weight excluding hydrogens is 321 g/mol. The first-order chi connectivity index (χ1) is 11.4. The number of fused-ring (bicyclic) bond motifs is 1. The molecule has 0 saturated carbocycles. The molecule has 0 aliphatic heterocycles. The zero-order valence-electron chi connectivity index (χ0n) is 12.8. The van der Waals surface area contributed by atoms with Gasteiger partial charge < -0.3 is 11.1 Å². The Morgan fingerprint density at radius 2 is 2.17 bits per heavy atom. The van der Waals surface area contributed by atoms with Gasteiger partial charge in [0.25, 0.3) is 0 Å². The molecule has 1 aromatic heterocycles. The standard InChI is InChI=1S/C16H17F3N4O/c17-16(18,19)12-3-9(7-20)4-13(6-12)22-15(24)10-1-2-11-8-21-23-14(11)5-10/h3-4,6,8,10H,1-2,5,7,20H2,(H,21,23)(H,22,24)/t10-/m1/s1. The molecule has 0 bridgehead atoms. The molecule has 0 fully saturated rings. The quantitative estimate of drug-likeness (QED) is 0.804. The van der Waals surface area contributed by atoms with Gasteiger partial charge in [0, 0.05) is 30.3 Å². The predicted octanol–water partition coefficient (Wildman–Crippen LogP) is 2.63. The maximum Gasteiger partial charge on any atom is 0.416 e. The van der Waals surface area contributed by atoms with Crippen LogP contribution in [0.1, 0.15) is 28.8 Å². The zero-order chi connectivity index (χ0) is 17.3. The highest BCUT2D eigenvalue weighted by molar-refractivity contribution is 5.93. The molecule has 0 spiro atoms. The number of anilines is 1. The summed E-state index contributed by atoms with van der Waals surface area (Å²) in [5.41, 5.74) is 7.07. The largest absolute Gasteiger partial charge is 0.416 e. The fourth-order valence-electron chi connectivity index (χ4n) is 2.92. The van der Waals surface area contributed by atoms with Gasteiger partial charge in [-0.2, -0.15) is 18.3 Å². The molecule has 2 aromatic rings. The fourth-order valence-corrected chi connectivity index (χ4v) is 2.92. The van der Waals surface area contributed by atoms with Gasteiger partial charge in [0.2, 0.25) is 5.91 Å². The first-order valence-corrected chi connectivity index (χ1v) is 7.60. The second-order valence-electron chi connectivity index (χ2n) is 5.92. The number of hydrogen-bond acceptors (Lipinski definition) is 3. The van der Waals surface area contributed by atoms with Gasteiger partial charge in [-0.25, -0.2) is 0 Å². The van der Waals surface area contributed by atoms with Crippen LogP contribution < -0.4 is 11.1 Å². The summed E-state index contributed by atoms with van der Waals surface area (Å²) >= 11 is 0. The number of halogens is 3. The minimum atomic E-state index is -4.49. The number of aromatic amines is 1. The highest BCUT2D eigenvalue weighted by Gasteiger charge is 2.32. The lowest BCUT2D eigenvalue weighted by atomic mass is 9.87. The molecular formula is C16H17F3N4O. The number of nitrogens with two attached hydrogens (primary N) is 1. The lowest BCUT2D eigenvalue weighted by Gasteiger charge is -2.21. The van der Waals surface area contributed by atoms with Crippen LogP contribution in [0.25, 0.3) is 0 Å². The Balaban J connectivity index is 1.77. The first kappa shape index (κ1) is 16.5. The number of nitrogens with one attached hydrogen (secondary N) is 2. The Morgan fingerprint density at radius 1 is 1.38 bits per heavy atom. The third kappa shape index (κ3) is 3.43. The number of carbonyl (C=O) groups excluding carboxylic acids is 1. The number of benzene rings is 1. The molecule has 128 valence electrons. The summed E-state index contributed by atoms with van der Waals surface area (Å²) < 4.78 is 38.8. The van der Waals surface area contributed by atoms with Crippen molar-refractivity contribution in [1.82, 2.24) is 10.2 Å². The number of rotatable bonds is 3. The van der Waals surface area contributed by atoms with E-state index >= 15 is 0 Å². The van der Waals surface area contributed by atoms with Crippen molar-refractivity contribution in [2.45, 2.75) is 32.0 Å². The van der Waals surface area contributed by atoms with E-state index in [4.69, 9.17) is 5.73 Å². The number of aromatic nitrogens is 2. The SMILES string of the molecule is NCc1cc(NC(=O)[C@@H]2CCc3cn[nH]c3C2)cc(C(F)(F)F)c1. The van der Waals surface area contributed by atoms with Crippen LogP contribution in [-0.2, 0) is 30.4 Å². The molecule has 0 saturated heterocycles. The average molecular weight is 338 g/mol. The van der Waals surface area contributed by atoms with Gasteiger partial charge in [0.1, 0.15) is 0 Å². The molecule has 0 unspecified atom stereocenters. The summed E-state index contributed by atoms with van der Waals surface area (Å²) in [5.74, 6) is -0.591. The van der Waals surface area contributed by atoms with E-state index in [1.165, 1.54) is 6.07 Å². The average Bonchev–Trinajstić information content (AvgIpc) is 3.01. The molecule has 1 heterocycles. The Morgan fingerprint density at radius 3 is 2.88 bits per heavy atom. The smallest absolute Gasteiger partial charge is 0.326 e. The van der Waals surface area contributed by atoms with Gasteiger partial charge in [0.05, 0.1) is 11.8 Å². The Bertz CT molecular complexity index is 754. The van der Waals surface area contributed by atoms with E-state index in [1.54, 1.807) is 6.20 Å². The number of hydrogen-bond donors (Lipinski definition) is 3. The van der Waals surface area contributed by atoms with Crippen molar-refractivity contribution < 1.29 is 18.0 Å². The van der Waals surface area contributed by atoms with E-state index in [9.17, 15) is 18.0 Å². The molecule has 8 heteroatoms. The third-order valence-corrected chi connectivity index (χ3v) is 4.21. The summed E-state index contributed by atoms with van der Waals surface area (Å²) in [5, 5.41) is 9.40. The van der Waals surface area contributed by atoms with Crippen molar-refractivity contribution in [1.29, 1.82) is 0 Å². The molecule has 1 aliphatic carbocycles. The van der Waals surface area contributed by atoms with Crippen LogP contribution in [0.2, 0.25) is 0 Å². The van der Waals surface area contributed by atoms with E-state index < -0.39 is 11.7 Å². The van der Waals surface area contributed by atoms with Gasteiger partial charge in [-0.15, -0.1) is 0 Å². The van der Waals surface area contributed by atoms with E-state index in [2.05, 4.69) is 15.5 Å². The highest BCUT2D eigenvalue weighted by atomic mass is 19.4. The zero-order valence-corrected chi connectivity index (χ0v) is 12.8. The summed E-state index contributed by atoms with van der Waals surface area (Å²) in [6.07, 6.45) is -0.879. The van der Waals surface area contributed by atoms with Gasteiger partial charge in [-0.05, 0) is 42.2 Å². The monoisotopic (exact) mass is 338 g/mol. The number of H-pyrrole nitrogens is 1. The van der Waals surface area contributed by atoms with E-state index in [0.29, 0.717) is 18.4 Å². The maximum atomic E-state index is 12.9. The Labute approximate surface area is 136 Å². The molecule has 1 amide bonds. The fraction of sp³-hybridized carbons (Fsp3) is 0.375. The number of amides is 1. The van der Waals surface area contributed by atoms with Crippen molar-refractivity contribution in [2.75, 3.05) is 5.32 Å². The molecule has 5 nitrogen and oxygen atoms in total. The normalized spacial score (nSPS) is 17.4. The van der Waals surface area contributed by atoms with Crippen molar-refractivity contribution >= 4 is 11.6 Å². The van der Waals surface area contributed by atoms with Crippen LogP contribution in [-0.4, -0.2) is 16.1 Å². The maximum absolute atomic E-state index is 12.9. The van der Waals surface area contributed by atoms with Gasteiger partial charge >= 0.3 is 6.18 Å². The number of carbonyl (C=O) groups is 1. The highest BCUT2D eigenvalue weighted by Crippen LogP contribution is 2.32. The van der Waals surface area contributed by atoms with E-state index in [-0.39, 0.29) is 24.1 Å². The van der Waals surface area contributed by atoms with Crippen molar-refractivity contribution in [2.24, 2.45) is 11.7 Å². The molecule has 1 aliphatic rings.